The standard InChI is InChI=1S/C23H28O6/c1-22(2,3)16-7-11-18(12-8-16)28-20(24)26-15-27-21(25)29-19-13-9-17(10-14-19)23(4,5)6/h7-14H,15H2,1-6H3. The van der Waals surface area contributed by atoms with Crippen LogP contribution in [0.1, 0.15) is 52.7 Å². The highest BCUT2D eigenvalue weighted by molar-refractivity contribution is 5.65. The first-order valence-corrected chi connectivity index (χ1v) is 9.35. The molecule has 0 aliphatic rings. The summed E-state index contributed by atoms with van der Waals surface area (Å²) in [6, 6.07) is 14.2. The van der Waals surface area contributed by atoms with Gasteiger partial charge in [0.05, 0.1) is 0 Å². The highest BCUT2D eigenvalue weighted by Gasteiger charge is 2.16. The minimum atomic E-state index is -0.976. The van der Waals surface area contributed by atoms with Crippen molar-refractivity contribution in [1.82, 2.24) is 0 Å². The van der Waals surface area contributed by atoms with E-state index < -0.39 is 19.1 Å². The molecule has 2 rings (SSSR count). The minimum Gasteiger partial charge on any atom is -0.396 e. The molecule has 0 unspecified atom stereocenters. The third-order valence-corrected chi connectivity index (χ3v) is 4.20. The van der Waals surface area contributed by atoms with Crippen molar-refractivity contribution in [3.05, 3.63) is 59.7 Å². The molecule has 0 amide bonds. The summed E-state index contributed by atoms with van der Waals surface area (Å²) in [5.41, 5.74) is 2.22. The number of rotatable bonds is 4. The zero-order chi connectivity index (χ0) is 21.7. The second-order valence-corrected chi connectivity index (χ2v) is 8.66. The lowest BCUT2D eigenvalue weighted by Crippen LogP contribution is -2.18. The molecule has 0 saturated heterocycles. The molecule has 6 heteroatoms. The van der Waals surface area contributed by atoms with Crippen molar-refractivity contribution in [2.45, 2.75) is 52.4 Å². The Bertz CT molecular complexity index is 752. The molecule has 0 radical (unpaired) electrons. The van der Waals surface area contributed by atoms with Crippen LogP contribution in [0.4, 0.5) is 9.59 Å². The Morgan fingerprint density at radius 3 is 1.21 bits per heavy atom. The highest BCUT2D eigenvalue weighted by atomic mass is 16.8. The highest BCUT2D eigenvalue weighted by Crippen LogP contribution is 2.25. The van der Waals surface area contributed by atoms with Gasteiger partial charge in [0.2, 0.25) is 6.79 Å². The topological polar surface area (TPSA) is 71.1 Å². The first kappa shape index (κ1) is 22.3. The van der Waals surface area contributed by atoms with Crippen LogP contribution in [0.15, 0.2) is 48.5 Å². The monoisotopic (exact) mass is 400 g/mol. The summed E-state index contributed by atoms with van der Waals surface area (Å²) in [6.45, 7) is 11.9. The first-order chi connectivity index (χ1) is 13.4. The zero-order valence-corrected chi connectivity index (χ0v) is 17.8. The Morgan fingerprint density at radius 1 is 0.621 bits per heavy atom. The lowest BCUT2D eigenvalue weighted by atomic mass is 9.87. The van der Waals surface area contributed by atoms with Gasteiger partial charge in [0.1, 0.15) is 11.5 Å². The largest absolute Gasteiger partial charge is 0.516 e. The molecule has 0 saturated carbocycles. The van der Waals surface area contributed by atoms with Gasteiger partial charge in [0.25, 0.3) is 0 Å². The van der Waals surface area contributed by atoms with Crippen molar-refractivity contribution in [3.8, 4) is 11.5 Å². The normalized spacial score (nSPS) is 11.5. The van der Waals surface area contributed by atoms with Gasteiger partial charge in [0, 0.05) is 0 Å². The fraction of sp³-hybridized carbons (Fsp3) is 0.391. The molecule has 2 aromatic carbocycles. The van der Waals surface area contributed by atoms with Crippen LogP contribution < -0.4 is 9.47 Å². The maximum Gasteiger partial charge on any atom is 0.516 e. The third kappa shape index (κ3) is 7.14. The minimum absolute atomic E-state index is 0.000304. The van der Waals surface area contributed by atoms with Crippen molar-refractivity contribution in [2.75, 3.05) is 6.79 Å². The average molecular weight is 400 g/mol. The molecule has 0 aliphatic heterocycles. The van der Waals surface area contributed by atoms with E-state index in [0.717, 1.165) is 11.1 Å². The third-order valence-electron chi connectivity index (χ3n) is 4.20. The van der Waals surface area contributed by atoms with Gasteiger partial charge in [-0.3, -0.25) is 0 Å². The van der Waals surface area contributed by atoms with Crippen LogP contribution in [-0.2, 0) is 20.3 Å². The van der Waals surface area contributed by atoms with Crippen molar-refractivity contribution in [2.24, 2.45) is 0 Å². The summed E-state index contributed by atoms with van der Waals surface area (Å²) < 4.78 is 19.5. The summed E-state index contributed by atoms with van der Waals surface area (Å²) in [5, 5.41) is 0. The predicted octanol–water partition coefficient (Wildman–Crippen LogP) is 5.97. The van der Waals surface area contributed by atoms with Gasteiger partial charge in [-0.2, -0.15) is 0 Å². The predicted molar refractivity (Wildman–Crippen MR) is 109 cm³/mol. The van der Waals surface area contributed by atoms with E-state index in [9.17, 15) is 9.59 Å². The smallest absolute Gasteiger partial charge is 0.396 e. The van der Waals surface area contributed by atoms with Crippen LogP contribution in [0.5, 0.6) is 11.5 Å². The van der Waals surface area contributed by atoms with Crippen molar-refractivity contribution in [3.63, 3.8) is 0 Å². The SMILES string of the molecule is CC(C)(C)c1ccc(OC(=O)OCOC(=O)Oc2ccc(C(C)(C)C)cc2)cc1. The van der Waals surface area contributed by atoms with Gasteiger partial charge in [-0.25, -0.2) is 9.59 Å². The first-order valence-electron chi connectivity index (χ1n) is 9.35. The molecule has 29 heavy (non-hydrogen) atoms. The fourth-order valence-electron chi connectivity index (χ4n) is 2.42. The van der Waals surface area contributed by atoms with E-state index in [1.807, 2.05) is 24.3 Å². The van der Waals surface area contributed by atoms with E-state index >= 15 is 0 Å². The average Bonchev–Trinajstić information content (AvgIpc) is 2.61. The molecule has 156 valence electrons. The molecule has 0 bridgehead atoms. The Kier molecular flexibility index (Phi) is 6.90. The molecular formula is C23H28O6. The Balaban J connectivity index is 1.75. The maximum atomic E-state index is 11.7. The molecule has 0 fully saturated rings. The van der Waals surface area contributed by atoms with E-state index in [1.165, 1.54) is 0 Å². The fourth-order valence-corrected chi connectivity index (χ4v) is 2.42. The summed E-state index contributed by atoms with van der Waals surface area (Å²) in [5.74, 6) is 0.675. The summed E-state index contributed by atoms with van der Waals surface area (Å²) in [4.78, 5) is 23.4. The van der Waals surface area contributed by atoms with E-state index in [-0.39, 0.29) is 10.8 Å². The van der Waals surface area contributed by atoms with E-state index in [2.05, 4.69) is 41.5 Å². The number of ether oxygens (including phenoxy) is 4. The molecule has 0 heterocycles. The second-order valence-electron chi connectivity index (χ2n) is 8.66. The quantitative estimate of drug-likeness (QED) is 0.358. The van der Waals surface area contributed by atoms with Gasteiger partial charge in [-0.05, 0) is 46.2 Å². The molecule has 0 aliphatic carbocycles. The zero-order valence-electron chi connectivity index (χ0n) is 17.8. The van der Waals surface area contributed by atoms with Gasteiger partial charge in [-0.15, -0.1) is 0 Å². The Hall–Kier alpha value is -3.02. The second kappa shape index (κ2) is 8.99. The number of carbonyl (C=O) groups excluding carboxylic acids is 2. The molecule has 0 atom stereocenters. The van der Waals surface area contributed by atoms with Crippen molar-refractivity contribution >= 4 is 12.3 Å². The van der Waals surface area contributed by atoms with Crippen LogP contribution in [0.3, 0.4) is 0 Å². The van der Waals surface area contributed by atoms with Gasteiger partial charge in [0.15, 0.2) is 0 Å². The van der Waals surface area contributed by atoms with Crippen molar-refractivity contribution < 1.29 is 28.5 Å². The summed E-state index contributed by atoms with van der Waals surface area (Å²) in [6.07, 6.45) is -1.95. The van der Waals surface area contributed by atoms with Crippen LogP contribution in [0.25, 0.3) is 0 Å². The number of carbonyl (C=O) groups is 2. The molecular weight excluding hydrogens is 372 g/mol. The molecule has 0 N–H and O–H groups in total. The lowest BCUT2D eigenvalue weighted by Gasteiger charge is -2.19. The Morgan fingerprint density at radius 2 is 0.931 bits per heavy atom. The number of benzene rings is 2. The van der Waals surface area contributed by atoms with Gasteiger partial charge >= 0.3 is 12.3 Å². The molecule has 0 spiro atoms. The van der Waals surface area contributed by atoms with E-state index in [4.69, 9.17) is 18.9 Å². The molecule has 0 aromatic heterocycles. The van der Waals surface area contributed by atoms with E-state index in [1.54, 1.807) is 24.3 Å². The van der Waals surface area contributed by atoms with Gasteiger partial charge in [-0.1, -0.05) is 65.8 Å². The van der Waals surface area contributed by atoms with Crippen LogP contribution in [0, 0.1) is 0 Å². The van der Waals surface area contributed by atoms with Gasteiger partial charge < -0.3 is 18.9 Å². The van der Waals surface area contributed by atoms with Crippen LogP contribution >= 0.6 is 0 Å². The molecule has 2 aromatic rings. The van der Waals surface area contributed by atoms with E-state index in [0.29, 0.717) is 11.5 Å². The summed E-state index contributed by atoms with van der Waals surface area (Å²) >= 11 is 0. The number of hydrogen-bond acceptors (Lipinski definition) is 6. The van der Waals surface area contributed by atoms with Crippen LogP contribution in [0.2, 0.25) is 0 Å². The van der Waals surface area contributed by atoms with Crippen LogP contribution in [-0.4, -0.2) is 19.1 Å². The molecule has 6 nitrogen and oxygen atoms in total. The number of hydrogen-bond donors (Lipinski definition) is 0. The van der Waals surface area contributed by atoms with Crippen molar-refractivity contribution in [1.29, 1.82) is 0 Å². The maximum absolute atomic E-state index is 11.7. The Labute approximate surface area is 171 Å². The lowest BCUT2D eigenvalue weighted by molar-refractivity contribution is -0.0107. The summed E-state index contributed by atoms with van der Waals surface area (Å²) in [7, 11) is 0.